The van der Waals surface area contributed by atoms with E-state index in [-0.39, 0.29) is 5.56 Å². The smallest absolute Gasteiger partial charge is 0.250 e. The SMILES string of the molecule is CNCc1cccc(=O)n1CC(C)C. The molecule has 1 aromatic heterocycles. The van der Waals surface area contributed by atoms with E-state index in [0.717, 1.165) is 18.8 Å². The summed E-state index contributed by atoms with van der Waals surface area (Å²) < 4.78 is 1.83. The Balaban J connectivity index is 3.02. The van der Waals surface area contributed by atoms with E-state index in [9.17, 15) is 4.79 Å². The number of hydrogen-bond donors (Lipinski definition) is 1. The van der Waals surface area contributed by atoms with Crippen molar-refractivity contribution < 1.29 is 0 Å². The first-order valence-electron chi connectivity index (χ1n) is 4.98. The van der Waals surface area contributed by atoms with Crippen molar-refractivity contribution in [1.29, 1.82) is 0 Å². The van der Waals surface area contributed by atoms with Crippen molar-refractivity contribution in [2.24, 2.45) is 5.92 Å². The number of aromatic nitrogens is 1. The van der Waals surface area contributed by atoms with E-state index in [1.165, 1.54) is 0 Å². The highest BCUT2D eigenvalue weighted by Crippen LogP contribution is 2.01. The molecule has 1 N–H and O–H groups in total. The molecule has 0 fully saturated rings. The summed E-state index contributed by atoms with van der Waals surface area (Å²) in [6.07, 6.45) is 0. The average molecular weight is 194 g/mol. The van der Waals surface area contributed by atoms with Crippen LogP contribution in [0.2, 0.25) is 0 Å². The molecule has 14 heavy (non-hydrogen) atoms. The molecule has 1 aromatic rings. The van der Waals surface area contributed by atoms with E-state index in [4.69, 9.17) is 0 Å². The summed E-state index contributed by atoms with van der Waals surface area (Å²) in [5, 5.41) is 3.07. The second-order valence-electron chi connectivity index (χ2n) is 3.89. The Kier molecular flexibility index (Phi) is 3.89. The van der Waals surface area contributed by atoms with Gasteiger partial charge in [0.05, 0.1) is 0 Å². The summed E-state index contributed by atoms with van der Waals surface area (Å²) in [6.45, 7) is 5.75. The van der Waals surface area contributed by atoms with Crippen LogP contribution in [0.4, 0.5) is 0 Å². The van der Waals surface area contributed by atoms with Crippen molar-refractivity contribution >= 4 is 0 Å². The average Bonchev–Trinajstić information content (AvgIpc) is 2.11. The molecule has 1 rings (SSSR count). The lowest BCUT2D eigenvalue weighted by Gasteiger charge is -2.13. The van der Waals surface area contributed by atoms with Crippen molar-refractivity contribution in [3.8, 4) is 0 Å². The minimum absolute atomic E-state index is 0.0893. The highest BCUT2D eigenvalue weighted by atomic mass is 16.1. The van der Waals surface area contributed by atoms with Crippen molar-refractivity contribution in [3.05, 3.63) is 34.2 Å². The maximum absolute atomic E-state index is 11.6. The summed E-state index contributed by atoms with van der Waals surface area (Å²) in [4.78, 5) is 11.6. The Bertz CT molecular complexity index is 341. The van der Waals surface area contributed by atoms with Crippen LogP contribution < -0.4 is 10.9 Å². The van der Waals surface area contributed by atoms with Crippen LogP contribution in [0.25, 0.3) is 0 Å². The standard InChI is InChI=1S/C11H18N2O/c1-9(2)8-13-10(7-12-3)5-4-6-11(13)14/h4-6,9,12H,7-8H2,1-3H3. The van der Waals surface area contributed by atoms with Gasteiger partial charge in [-0.25, -0.2) is 0 Å². The zero-order chi connectivity index (χ0) is 10.6. The van der Waals surface area contributed by atoms with Gasteiger partial charge in [-0.05, 0) is 19.0 Å². The second kappa shape index (κ2) is 4.96. The fourth-order valence-corrected chi connectivity index (χ4v) is 1.47. The zero-order valence-electron chi connectivity index (χ0n) is 9.08. The number of pyridine rings is 1. The van der Waals surface area contributed by atoms with Gasteiger partial charge in [-0.15, -0.1) is 0 Å². The van der Waals surface area contributed by atoms with Crippen LogP contribution in [-0.4, -0.2) is 11.6 Å². The minimum atomic E-state index is 0.0893. The molecule has 0 spiro atoms. The quantitative estimate of drug-likeness (QED) is 0.782. The summed E-state index contributed by atoms with van der Waals surface area (Å²) in [6, 6.07) is 5.41. The topological polar surface area (TPSA) is 34.0 Å². The van der Waals surface area contributed by atoms with Crippen LogP contribution in [0.3, 0.4) is 0 Å². The Morgan fingerprint density at radius 1 is 1.43 bits per heavy atom. The van der Waals surface area contributed by atoms with Crippen LogP contribution in [0.1, 0.15) is 19.5 Å². The number of rotatable bonds is 4. The van der Waals surface area contributed by atoms with Crippen LogP contribution in [0.15, 0.2) is 23.0 Å². The molecule has 0 atom stereocenters. The second-order valence-corrected chi connectivity index (χ2v) is 3.89. The van der Waals surface area contributed by atoms with Gasteiger partial charge in [0.2, 0.25) is 0 Å². The molecule has 0 aliphatic carbocycles. The first-order chi connectivity index (χ1) is 6.65. The van der Waals surface area contributed by atoms with Crippen LogP contribution in [0, 0.1) is 5.92 Å². The number of hydrogen-bond acceptors (Lipinski definition) is 2. The highest BCUT2D eigenvalue weighted by Gasteiger charge is 2.03. The Morgan fingerprint density at radius 2 is 2.14 bits per heavy atom. The normalized spacial score (nSPS) is 10.9. The molecular formula is C11H18N2O. The largest absolute Gasteiger partial charge is 0.314 e. The molecule has 0 aliphatic rings. The summed E-state index contributed by atoms with van der Waals surface area (Å²) in [5.41, 5.74) is 1.14. The molecule has 0 amide bonds. The third-order valence-corrected chi connectivity index (χ3v) is 2.05. The maximum atomic E-state index is 11.6. The predicted molar refractivity (Wildman–Crippen MR) is 58.3 cm³/mol. The van der Waals surface area contributed by atoms with Gasteiger partial charge in [0.25, 0.3) is 5.56 Å². The molecule has 0 aromatic carbocycles. The lowest BCUT2D eigenvalue weighted by atomic mass is 10.2. The molecule has 3 nitrogen and oxygen atoms in total. The molecule has 0 unspecified atom stereocenters. The van der Waals surface area contributed by atoms with Gasteiger partial charge in [-0.3, -0.25) is 4.79 Å². The van der Waals surface area contributed by atoms with Gasteiger partial charge in [0, 0.05) is 24.8 Å². The number of nitrogens with one attached hydrogen (secondary N) is 1. The molecule has 0 aliphatic heterocycles. The molecule has 0 bridgehead atoms. The first-order valence-corrected chi connectivity index (χ1v) is 4.98. The Morgan fingerprint density at radius 3 is 2.71 bits per heavy atom. The minimum Gasteiger partial charge on any atom is -0.314 e. The fraction of sp³-hybridized carbons (Fsp3) is 0.545. The molecular weight excluding hydrogens is 176 g/mol. The lowest BCUT2D eigenvalue weighted by Crippen LogP contribution is -2.26. The van der Waals surface area contributed by atoms with E-state index in [1.807, 2.05) is 23.7 Å². The molecule has 78 valence electrons. The lowest BCUT2D eigenvalue weighted by molar-refractivity contribution is 0.490. The molecule has 0 saturated heterocycles. The van der Waals surface area contributed by atoms with E-state index < -0.39 is 0 Å². The maximum Gasteiger partial charge on any atom is 0.250 e. The Hall–Kier alpha value is -1.09. The van der Waals surface area contributed by atoms with Crippen LogP contribution in [-0.2, 0) is 13.1 Å². The fourth-order valence-electron chi connectivity index (χ4n) is 1.47. The van der Waals surface area contributed by atoms with Gasteiger partial charge >= 0.3 is 0 Å². The Labute approximate surface area is 84.8 Å². The molecule has 3 heteroatoms. The third-order valence-electron chi connectivity index (χ3n) is 2.05. The van der Waals surface area contributed by atoms with Gasteiger partial charge < -0.3 is 9.88 Å². The van der Waals surface area contributed by atoms with Gasteiger partial charge in [0.1, 0.15) is 0 Å². The van der Waals surface area contributed by atoms with Crippen LogP contribution >= 0.6 is 0 Å². The van der Waals surface area contributed by atoms with Crippen molar-refractivity contribution in [3.63, 3.8) is 0 Å². The van der Waals surface area contributed by atoms with Gasteiger partial charge in [-0.2, -0.15) is 0 Å². The molecule has 0 saturated carbocycles. The van der Waals surface area contributed by atoms with Gasteiger partial charge in [0.15, 0.2) is 0 Å². The molecule has 0 radical (unpaired) electrons. The number of nitrogens with zero attached hydrogens (tertiary/aromatic N) is 1. The van der Waals surface area contributed by atoms with Crippen molar-refractivity contribution in [2.75, 3.05) is 7.05 Å². The summed E-state index contributed by atoms with van der Waals surface area (Å²) in [5.74, 6) is 0.491. The highest BCUT2D eigenvalue weighted by molar-refractivity contribution is 5.06. The van der Waals surface area contributed by atoms with E-state index in [2.05, 4.69) is 19.2 Å². The summed E-state index contributed by atoms with van der Waals surface area (Å²) >= 11 is 0. The summed E-state index contributed by atoms with van der Waals surface area (Å²) in [7, 11) is 1.89. The van der Waals surface area contributed by atoms with E-state index in [1.54, 1.807) is 6.07 Å². The van der Waals surface area contributed by atoms with Crippen molar-refractivity contribution in [1.82, 2.24) is 9.88 Å². The molecule has 1 heterocycles. The van der Waals surface area contributed by atoms with Crippen molar-refractivity contribution in [2.45, 2.75) is 26.9 Å². The van der Waals surface area contributed by atoms with Crippen LogP contribution in [0.5, 0.6) is 0 Å². The monoisotopic (exact) mass is 194 g/mol. The van der Waals surface area contributed by atoms with E-state index in [0.29, 0.717) is 5.92 Å². The first kappa shape index (κ1) is 11.0. The zero-order valence-corrected chi connectivity index (χ0v) is 9.08. The third kappa shape index (κ3) is 2.70. The predicted octanol–water partition coefficient (Wildman–Crippen LogP) is 1.22. The van der Waals surface area contributed by atoms with Gasteiger partial charge in [-0.1, -0.05) is 19.9 Å². The van der Waals surface area contributed by atoms with E-state index >= 15 is 0 Å².